The van der Waals surface area contributed by atoms with Crippen LogP contribution in [0, 0.1) is 5.92 Å². The second-order valence-corrected chi connectivity index (χ2v) is 6.57. The van der Waals surface area contributed by atoms with Crippen molar-refractivity contribution in [1.82, 2.24) is 15.5 Å². The average molecular weight is 328 g/mol. The first-order chi connectivity index (χ1) is 11.6. The van der Waals surface area contributed by atoms with Crippen molar-refractivity contribution in [2.75, 3.05) is 18.0 Å². The Hall–Kier alpha value is -2.37. The molecule has 1 aromatic heterocycles. The molecule has 2 aromatic rings. The number of nitrogens with zero attached hydrogens (tertiary/aromatic N) is 3. The lowest BCUT2D eigenvalue weighted by molar-refractivity contribution is -0.124. The lowest BCUT2D eigenvalue weighted by Gasteiger charge is -2.31. The topological polar surface area (TPSA) is 71.3 Å². The van der Waals surface area contributed by atoms with E-state index in [0.717, 1.165) is 31.5 Å². The Bertz CT molecular complexity index is 661. The molecule has 0 bridgehead atoms. The summed E-state index contributed by atoms with van der Waals surface area (Å²) in [4.78, 5) is 13.9. The van der Waals surface area contributed by atoms with Gasteiger partial charge >= 0.3 is 6.01 Å². The van der Waals surface area contributed by atoms with Gasteiger partial charge < -0.3 is 14.6 Å². The van der Waals surface area contributed by atoms with Crippen molar-refractivity contribution in [3.05, 3.63) is 41.8 Å². The fourth-order valence-corrected chi connectivity index (χ4v) is 2.80. The van der Waals surface area contributed by atoms with E-state index >= 15 is 0 Å². The summed E-state index contributed by atoms with van der Waals surface area (Å²) >= 11 is 0. The third-order valence-electron chi connectivity index (χ3n) is 4.29. The summed E-state index contributed by atoms with van der Waals surface area (Å²) in [5.41, 5.74) is 1.16. The largest absolute Gasteiger partial charge is 0.408 e. The monoisotopic (exact) mass is 328 g/mol. The Balaban J connectivity index is 1.53. The van der Waals surface area contributed by atoms with E-state index < -0.39 is 0 Å². The third-order valence-corrected chi connectivity index (χ3v) is 4.29. The van der Waals surface area contributed by atoms with Gasteiger partial charge in [0.2, 0.25) is 11.8 Å². The Labute approximate surface area is 142 Å². The molecule has 0 spiro atoms. The van der Waals surface area contributed by atoms with Gasteiger partial charge in [-0.1, -0.05) is 49.3 Å². The molecule has 1 aliphatic heterocycles. The molecule has 1 aliphatic rings. The van der Waals surface area contributed by atoms with Crippen molar-refractivity contribution in [3.8, 4) is 0 Å². The lowest BCUT2D eigenvalue weighted by Crippen LogP contribution is -2.45. The number of amides is 1. The highest BCUT2D eigenvalue weighted by Gasteiger charge is 2.24. The Morgan fingerprint density at radius 2 is 1.96 bits per heavy atom. The van der Waals surface area contributed by atoms with Crippen molar-refractivity contribution in [2.24, 2.45) is 5.92 Å². The number of carbonyl (C=O) groups is 1. The van der Waals surface area contributed by atoms with Crippen LogP contribution >= 0.6 is 0 Å². The number of hydrogen-bond acceptors (Lipinski definition) is 5. The molecule has 0 saturated carbocycles. The molecular weight excluding hydrogens is 304 g/mol. The number of hydrogen-bond donors (Lipinski definition) is 1. The maximum atomic E-state index is 11.8. The van der Waals surface area contributed by atoms with Gasteiger partial charge in [-0.3, -0.25) is 4.79 Å². The van der Waals surface area contributed by atoms with Gasteiger partial charge in [0.1, 0.15) is 0 Å². The molecule has 1 amide bonds. The fourth-order valence-electron chi connectivity index (χ4n) is 2.80. The first-order valence-electron chi connectivity index (χ1n) is 8.53. The predicted octanol–water partition coefficient (Wildman–Crippen LogP) is 2.40. The Morgan fingerprint density at radius 1 is 1.25 bits per heavy atom. The van der Waals surface area contributed by atoms with Crippen molar-refractivity contribution < 1.29 is 9.21 Å². The normalized spacial score (nSPS) is 15.7. The van der Waals surface area contributed by atoms with Gasteiger partial charge in [0, 0.05) is 25.0 Å². The molecule has 1 saturated heterocycles. The molecule has 6 heteroatoms. The van der Waals surface area contributed by atoms with E-state index in [1.807, 2.05) is 44.2 Å². The van der Waals surface area contributed by atoms with Gasteiger partial charge in [0.15, 0.2) is 0 Å². The SMILES string of the molecule is CC(C)C(=O)NC1CCN(c2nnc(Cc3ccccc3)o2)CC1. The molecule has 128 valence electrons. The van der Waals surface area contributed by atoms with E-state index in [1.54, 1.807) is 0 Å². The quantitative estimate of drug-likeness (QED) is 0.912. The standard InChI is InChI=1S/C18H24N4O2/c1-13(2)17(23)19-15-8-10-22(11-9-15)18-21-20-16(24-18)12-14-6-4-3-5-7-14/h3-7,13,15H,8-12H2,1-2H3,(H,19,23). The molecule has 1 N–H and O–H groups in total. The van der Waals surface area contributed by atoms with Crippen LogP contribution in [0.4, 0.5) is 6.01 Å². The molecule has 3 rings (SSSR count). The smallest absolute Gasteiger partial charge is 0.318 e. The summed E-state index contributed by atoms with van der Waals surface area (Å²) in [7, 11) is 0. The zero-order valence-electron chi connectivity index (χ0n) is 14.2. The van der Waals surface area contributed by atoms with Crippen molar-refractivity contribution in [1.29, 1.82) is 0 Å². The molecule has 6 nitrogen and oxygen atoms in total. The predicted molar refractivity (Wildman–Crippen MR) is 91.8 cm³/mol. The maximum Gasteiger partial charge on any atom is 0.318 e. The van der Waals surface area contributed by atoms with Crippen LogP contribution in [-0.4, -0.2) is 35.2 Å². The van der Waals surface area contributed by atoms with Gasteiger partial charge in [-0.25, -0.2) is 0 Å². The van der Waals surface area contributed by atoms with E-state index in [1.165, 1.54) is 0 Å². The molecular formula is C18H24N4O2. The summed E-state index contributed by atoms with van der Waals surface area (Å²) in [6.45, 7) is 5.46. The van der Waals surface area contributed by atoms with Crippen LogP contribution in [0.2, 0.25) is 0 Å². The average Bonchev–Trinajstić information content (AvgIpc) is 3.05. The number of rotatable bonds is 5. The molecule has 1 fully saturated rings. The van der Waals surface area contributed by atoms with E-state index in [2.05, 4.69) is 20.4 Å². The number of anilines is 1. The summed E-state index contributed by atoms with van der Waals surface area (Å²) in [6.07, 6.45) is 2.44. The first-order valence-corrected chi connectivity index (χ1v) is 8.53. The Kier molecular flexibility index (Phi) is 5.13. The van der Waals surface area contributed by atoms with Crippen LogP contribution in [-0.2, 0) is 11.2 Å². The summed E-state index contributed by atoms with van der Waals surface area (Å²) in [5.74, 6) is 0.780. The molecule has 1 aromatic carbocycles. The molecule has 0 atom stereocenters. The van der Waals surface area contributed by atoms with Crippen LogP contribution < -0.4 is 10.2 Å². The zero-order valence-corrected chi connectivity index (χ0v) is 14.2. The van der Waals surface area contributed by atoms with Crippen molar-refractivity contribution in [3.63, 3.8) is 0 Å². The number of benzene rings is 1. The van der Waals surface area contributed by atoms with Crippen LogP contribution in [0.15, 0.2) is 34.7 Å². The Morgan fingerprint density at radius 3 is 2.62 bits per heavy atom. The van der Waals surface area contributed by atoms with Crippen molar-refractivity contribution in [2.45, 2.75) is 39.2 Å². The number of carbonyl (C=O) groups excluding carboxylic acids is 1. The number of aromatic nitrogens is 2. The van der Waals surface area contributed by atoms with Crippen LogP contribution in [0.5, 0.6) is 0 Å². The maximum absolute atomic E-state index is 11.8. The van der Waals surface area contributed by atoms with E-state index in [4.69, 9.17) is 4.42 Å². The van der Waals surface area contributed by atoms with E-state index in [0.29, 0.717) is 18.3 Å². The van der Waals surface area contributed by atoms with Gasteiger partial charge in [0.05, 0.1) is 6.42 Å². The van der Waals surface area contributed by atoms with Gasteiger partial charge in [-0.15, -0.1) is 5.10 Å². The van der Waals surface area contributed by atoms with Crippen molar-refractivity contribution >= 4 is 11.9 Å². The highest BCUT2D eigenvalue weighted by molar-refractivity contribution is 5.78. The highest BCUT2D eigenvalue weighted by atomic mass is 16.4. The number of nitrogens with one attached hydrogen (secondary N) is 1. The van der Waals surface area contributed by atoms with Gasteiger partial charge in [-0.2, -0.15) is 0 Å². The summed E-state index contributed by atoms with van der Waals surface area (Å²) in [6, 6.07) is 10.9. The molecule has 0 radical (unpaired) electrons. The minimum Gasteiger partial charge on any atom is -0.408 e. The van der Waals surface area contributed by atoms with E-state index in [-0.39, 0.29) is 17.9 Å². The van der Waals surface area contributed by atoms with Gasteiger partial charge in [0.25, 0.3) is 0 Å². The van der Waals surface area contributed by atoms with Crippen LogP contribution in [0.25, 0.3) is 0 Å². The summed E-state index contributed by atoms with van der Waals surface area (Å²) in [5, 5.41) is 11.4. The minimum absolute atomic E-state index is 0.0273. The second-order valence-electron chi connectivity index (χ2n) is 6.57. The molecule has 0 unspecified atom stereocenters. The van der Waals surface area contributed by atoms with Crippen LogP contribution in [0.1, 0.15) is 38.1 Å². The molecule has 0 aliphatic carbocycles. The highest BCUT2D eigenvalue weighted by Crippen LogP contribution is 2.20. The lowest BCUT2D eigenvalue weighted by atomic mass is 10.0. The minimum atomic E-state index is 0.0273. The van der Waals surface area contributed by atoms with Crippen LogP contribution in [0.3, 0.4) is 0 Å². The zero-order chi connectivity index (χ0) is 16.9. The molecule has 24 heavy (non-hydrogen) atoms. The first kappa shape index (κ1) is 16.5. The third kappa shape index (κ3) is 4.13. The second kappa shape index (κ2) is 7.47. The number of piperidine rings is 1. The molecule has 2 heterocycles. The van der Waals surface area contributed by atoms with E-state index in [9.17, 15) is 4.79 Å². The van der Waals surface area contributed by atoms with Gasteiger partial charge in [-0.05, 0) is 18.4 Å². The fraction of sp³-hybridized carbons (Fsp3) is 0.500. The summed E-state index contributed by atoms with van der Waals surface area (Å²) < 4.78 is 5.80.